The highest BCUT2D eigenvalue weighted by atomic mass is 16.5. The molecule has 0 bridgehead atoms. The summed E-state index contributed by atoms with van der Waals surface area (Å²) in [5, 5.41) is 9.53. The summed E-state index contributed by atoms with van der Waals surface area (Å²) >= 11 is 0. The Hall–Kier alpha value is -1.59. The molecule has 0 aromatic heterocycles. The molecule has 5 nitrogen and oxygen atoms in total. The van der Waals surface area contributed by atoms with Crippen LogP contribution < -0.4 is 20.7 Å². The molecule has 1 aliphatic heterocycles. The third-order valence-corrected chi connectivity index (χ3v) is 3.18. The Kier molecular flexibility index (Phi) is 5.18. The van der Waals surface area contributed by atoms with Crippen LogP contribution in [0.2, 0.25) is 0 Å². The summed E-state index contributed by atoms with van der Waals surface area (Å²) in [5.41, 5.74) is 1.04. The summed E-state index contributed by atoms with van der Waals surface area (Å²) in [7, 11) is 1.64. The number of nitrogens with one attached hydrogen (secondary N) is 3. The van der Waals surface area contributed by atoms with E-state index in [9.17, 15) is 4.79 Å². The van der Waals surface area contributed by atoms with E-state index in [-0.39, 0.29) is 11.9 Å². The van der Waals surface area contributed by atoms with E-state index in [2.05, 4.69) is 16.0 Å². The van der Waals surface area contributed by atoms with Crippen LogP contribution in [0.5, 0.6) is 5.75 Å². The number of carbonyl (C=O) groups excluding carboxylic acids is 1. The first-order chi connectivity index (χ1) is 9.28. The summed E-state index contributed by atoms with van der Waals surface area (Å²) in [4.78, 5) is 11.8. The molecule has 2 rings (SSSR count). The van der Waals surface area contributed by atoms with Crippen molar-refractivity contribution >= 4 is 5.91 Å². The molecule has 0 saturated carbocycles. The van der Waals surface area contributed by atoms with Crippen LogP contribution in [0.25, 0.3) is 0 Å². The van der Waals surface area contributed by atoms with Crippen LogP contribution in [0.1, 0.15) is 12.0 Å². The molecule has 1 aromatic carbocycles. The van der Waals surface area contributed by atoms with E-state index in [0.29, 0.717) is 13.0 Å². The van der Waals surface area contributed by atoms with Crippen molar-refractivity contribution in [2.45, 2.75) is 19.0 Å². The lowest BCUT2D eigenvalue weighted by atomic mass is 10.1. The predicted octanol–water partition coefficient (Wildman–Crippen LogP) is 0.263. The van der Waals surface area contributed by atoms with Gasteiger partial charge in [-0.3, -0.25) is 4.79 Å². The summed E-state index contributed by atoms with van der Waals surface area (Å²) in [6, 6.07) is 7.96. The first-order valence-corrected chi connectivity index (χ1v) is 6.61. The van der Waals surface area contributed by atoms with E-state index in [1.807, 2.05) is 24.3 Å². The van der Waals surface area contributed by atoms with E-state index in [0.717, 1.165) is 30.9 Å². The Labute approximate surface area is 113 Å². The minimum absolute atomic E-state index is 0.0732. The predicted molar refractivity (Wildman–Crippen MR) is 74.1 cm³/mol. The Morgan fingerprint density at radius 2 is 2.37 bits per heavy atom. The molecule has 1 heterocycles. The number of benzene rings is 1. The van der Waals surface area contributed by atoms with Gasteiger partial charge in [0.15, 0.2) is 0 Å². The summed E-state index contributed by atoms with van der Waals surface area (Å²) in [5.74, 6) is 0.883. The maximum absolute atomic E-state index is 11.8. The van der Waals surface area contributed by atoms with E-state index in [1.54, 1.807) is 7.11 Å². The molecule has 1 fully saturated rings. The molecule has 19 heavy (non-hydrogen) atoms. The highest BCUT2D eigenvalue weighted by Crippen LogP contribution is 2.12. The van der Waals surface area contributed by atoms with Crippen LogP contribution in [0, 0.1) is 0 Å². The van der Waals surface area contributed by atoms with Crippen LogP contribution in [0.4, 0.5) is 0 Å². The maximum atomic E-state index is 11.8. The van der Waals surface area contributed by atoms with Gasteiger partial charge in [-0.25, -0.2) is 0 Å². The smallest absolute Gasteiger partial charge is 0.221 e. The molecule has 3 N–H and O–H groups in total. The number of rotatable bonds is 5. The van der Waals surface area contributed by atoms with E-state index >= 15 is 0 Å². The average Bonchev–Trinajstić information content (AvgIpc) is 2.46. The van der Waals surface area contributed by atoms with Crippen LogP contribution in [0.3, 0.4) is 0 Å². The third kappa shape index (κ3) is 4.54. The van der Waals surface area contributed by atoms with Gasteiger partial charge in [0.2, 0.25) is 5.91 Å². The van der Waals surface area contributed by atoms with Gasteiger partial charge < -0.3 is 20.7 Å². The molecule has 0 radical (unpaired) electrons. The number of hydrogen-bond acceptors (Lipinski definition) is 4. The summed E-state index contributed by atoms with van der Waals surface area (Å²) in [6.45, 7) is 3.29. The van der Waals surface area contributed by atoms with E-state index < -0.39 is 0 Å². The Morgan fingerprint density at radius 3 is 3.11 bits per heavy atom. The van der Waals surface area contributed by atoms with Gasteiger partial charge >= 0.3 is 0 Å². The highest BCUT2D eigenvalue weighted by Gasteiger charge is 2.15. The zero-order chi connectivity index (χ0) is 13.5. The van der Waals surface area contributed by atoms with Gasteiger partial charge in [-0.2, -0.15) is 0 Å². The fraction of sp³-hybridized carbons (Fsp3) is 0.500. The van der Waals surface area contributed by atoms with Gasteiger partial charge in [0.05, 0.1) is 7.11 Å². The lowest BCUT2D eigenvalue weighted by Gasteiger charge is -2.23. The van der Waals surface area contributed by atoms with Crippen LogP contribution >= 0.6 is 0 Å². The second-order valence-corrected chi connectivity index (χ2v) is 4.69. The fourth-order valence-electron chi connectivity index (χ4n) is 2.14. The quantitative estimate of drug-likeness (QED) is 0.713. The van der Waals surface area contributed by atoms with E-state index in [1.165, 1.54) is 0 Å². The molecule has 0 aliphatic carbocycles. The highest BCUT2D eigenvalue weighted by molar-refractivity contribution is 5.76. The average molecular weight is 263 g/mol. The normalized spacial score (nSPS) is 18.9. The zero-order valence-electron chi connectivity index (χ0n) is 11.2. The van der Waals surface area contributed by atoms with Crippen LogP contribution in [0.15, 0.2) is 24.3 Å². The van der Waals surface area contributed by atoms with Crippen molar-refractivity contribution in [3.63, 3.8) is 0 Å². The monoisotopic (exact) mass is 263 g/mol. The van der Waals surface area contributed by atoms with Crippen molar-refractivity contribution in [3.8, 4) is 5.75 Å². The van der Waals surface area contributed by atoms with Crippen molar-refractivity contribution in [1.82, 2.24) is 16.0 Å². The van der Waals surface area contributed by atoms with Crippen molar-refractivity contribution in [3.05, 3.63) is 29.8 Å². The molecule has 1 atom stereocenters. The third-order valence-electron chi connectivity index (χ3n) is 3.18. The zero-order valence-corrected chi connectivity index (χ0v) is 11.2. The number of ether oxygens (including phenoxy) is 1. The molecule has 1 aromatic rings. The van der Waals surface area contributed by atoms with E-state index in [4.69, 9.17) is 4.74 Å². The number of methoxy groups -OCH3 is 1. The van der Waals surface area contributed by atoms with Gasteiger partial charge in [-0.1, -0.05) is 12.1 Å². The van der Waals surface area contributed by atoms with Crippen molar-refractivity contribution in [2.24, 2.45) is 0 Å². The first kappa shape index (κ1) is 13.8. The topological polar surface area (TPSA) is 62.4 Å². The Bertz CT molecular complexity index is 417. The minimum atomic E-state index is 0.0732. The van der Waals surface area contributed by atoms with Gasteiger partial charge in [0.1, 0.15) is 5.75 Å². The largest absolute Gasteiger partial charge is 0.497 e. The summed E-state index contributed by atoms with van der Waals surface area (Å²) in [6.07, 6.45) is 0.511. The molecule has 1 saturated heterocycles. The second kappa shape index (κ2) is 7.11. The number of amides is 1. The molecular formula is C14H21N3O2. The van der Waals surface area contributed by atoms with Gasteiger partial charge in [-0.05, 0) is 17.7 Å². The van der Waals surface area contributed by atoms with Crippen molar-refractivity contribution in [1.29, 1.82) is 0 Å². The van der Waals surface area contributed by atoms with Crippen LogP contribution in [-0.2, 0) is 11.3 Å². The second-order valence-electron chi connectivity index (χ2n) is 4.69. The maximum Gasteiger partial charge on any atom is 0.221 e. The molecule has 104 valence electrons. The molecule has 1 aliphatic rings. The lowest BCUT2D eigenvalue weighted by molar-refractivity contribution is -0.121. The SMILES string of the molecule is COc1cccc(CNC(=O)CC2CNCCN2)c1. The number of carbonyl (C=O) groups is 1. The standard InChI is InChI=1S/C14H21N3O2/c1-19-13-4-2-3-11(7-13)9-17-14(18)8-12-10-15-5-6-16-12/h2-4,7,12,15-16H,5-6,8-10H2,1H3,(H,17,18). The minimum Gasteiger partial charge on any atom is -0.497 e. The Balaban J connectivity index is 1.76. The molecule has 0 spiro atoms. The van der Waals surface area contributed by atoms with Crippen molar-refractivity contribution in [2.75, 3.05) is 26.7 Å². The van der Waals surface area contributed by atoms with Gasteiger partial charge in [0.25, 0.3) is 0 Å². The first-order valence-electron chi connectivity index (χ1n) is 6.61. The van der Waals surface area contributed by atoms with Crippen LogP contribution in [-0.4, -0.2) is 38.7 Å². The van der Waals surface area contributed by atoms with Gasteiger partial charge in [-0.15, -0.1) is 0 Å². The Morgan fingerprint density at radius 1 is 1.47 bits per heavy atom. The fourth-order valence-corrected chi connectivity index (χ4v) is 2.14. The molecule has 5 heteroatoms. The number of piperazine rings is 1. The molecular weight excluding hydrogens is 242 g/mol. The molecule has 1 amide bonds. The van der Waals surface area contributed by atoms with Crippen molar-refractivity contribution < 1.29 is 9.53 Å². The summed E-state index contributed by atoms with van der Waals surface area (Å²) < 4.78 is 5.15. The van der Waals surface area contributed by atoms with Gasteiger partial charge in [0, 0.05) is 38.6 Å². The lowest BCUT2D eigenvalue weighted by Crippen LogP contribution is -2.50. The molecule has 1 unspecified atom stereocenters. The number of hydrogen-bond donors (Lipinski definition) is 3.